The number of hydrogen-bond acceptors (Lipinski definition) is 3. The van der Waals surface area contributed by atoms with Crippen molar-refractivity contribution >= 4 is 11.6 Å². The van der Waals surface area contributed by atoms with E-state index in [0.29, 0.717) is 11.3 Å². The summed E-state index contributed by atoms with van der Waals surface area (Å²) in [6.45, 7) is 5.47. The van der Waals surface area contributed by atoms with Gasteiger partial charge in [0, 0.05) is 16.2 Å². The number of hydroxylamine groups is 1. The molecule has 0 fully saturated rings. The number of nitrogens with one attached hydrogen (secondary N) is 1. The van der Waals surface area contributed by atoms with E-state index < -0.39 is 5.60 Å². The van der Waals surface area contributed by atoms with Gasteiger partial charge in [-0.15, -0.1) is 0 Å². The second-order valence-corrected chi connectivity index (χ2v) is 4.39. The Labute approximate surface area is 99.2 Å². The highest BCUT2D eigenvalue weighted by molar-refractivity contribution is 5.94. The summed E-state index contributed by atoms with van der Waals surface area (Å²) in [5.41, 5.74) is 10.9. The van der Waals surface area contributed by atoms with Crippen molar-refractivity contribution in [3.05, 3.63) is 40.3 Å². The van der Waals surface area contributed by atoms with Crippen LogP contribution in [-0.4, -0.2) is 11.5 Å². The first-order valence-electron chi connectivity index (χ1n) is 5.06. The predicted molar refractivity (Wildman–Crippen MR) is 63.6 cm³/mol. The van der Waals surface area contributed by atoms with E-state index in [1.54, 1.807) is 18.2 Å². The lowest BCUT2D eigenvalue weighted by molar-refractivity contribution is -0.0589. The highest BCUT2D eigenvalue weighted by atomic mass is 16.7. The van der Waals surface area contributed by atoms with Crippen molar-refractivity contribution in [3.63, 3.8) is 0 Å². The monoisotopic (exact) mass is 234 g/mol. The number of amides is 1. The van der Waals surface area contributed by atoms with Crippen LogP contribution in [0.3, 0.4) is 0 Å². The van der Waals surface area contributed by atoms with Gasteiger partial charge >= 0.3 is 0 Å². The van der Waals surface area contributed by atoms with Gasteiger partial charge in [0.2, 0.25) is 0 Å². The fourth-order valence-corrected chi connectivity index (χ4v) is 1.02. The molecule has 0 radical (unpaired) electrons. The van der Waals surface area contributed by atoms with Crippen molar-refractivity contribution < 1.29 is 9.63 Å². The number of carbonyl (C=O) groups is 1. The summed E-state index contributed by atoms with van der Waals surface area (Å²) in [6, 6.07) is 6.34. The summed E-state index contributed by atoms with van der Waals surface area (Å²) in [5, 5.41) is 3.42. The smallest absolute Gasteiger partial charge is 0.268 e. The van der Waals surface area contributed by atoms with Crippen molar-refractivity contribution in [2.24, 2.45) is 5.11 Å². The van der Waals surface area contributed by atoms with E-state index in [-0.39, 0.29) is 5.91 Å². The second kappa shape index (κ2) is 5.34. The molecule has 0 spiro atoms. The molecule has 0 aliphatic rings. The number of hydrogen-bond donors (Lipinski definition) is 1. The molecule has 0 saturated heterocycles. The summed E-state index contributed by atoms with van der Waals surface area (Å²) in [4.78, 5) is 19.5. The average molecular weight is 234 g/mol. The molecular weight excluding hydrogens is 220 g/mol. The van der Waals surface area contributed by atoms with Crippen molar-refractivity contribution in [1.82, 2.24) is 5.48 Å². The molecule has 0 aromatic heterocycles. The van der Waals surface area contributed by atoms with Gasteiger partial charge in [-0.05, 0) is 38.4 Å². The largest absolute Gasteiger partial charge is 0.274 e. The molecule has 0 bridgehead atoms. The summed E-state index contributed by atoms with van der Waals surface area (Å²) in [6.07, 6.45) is 0. The van der Waals surface area contributed by atoms with Gasteiger partial charge in [-0.2, -0.15) is 0 Å². The van der Waals surface area contributed by atoms with Gasteiger partial charge in [0.05, 0.1) is 5.60 Å². The SMILES string of the molecule is CC(C)(C)ONC(=O)c1cccc(N=[N+]=[N-])c1. The fraction of sp³-hybridized carbons (Fsp3) is 0.364. The highest BCUT2D eigenvalue weighted by Crippen LogP contribution is 2.14. The Balaban J connectivity index is 2.75. The van der Waals surface area contributed by atoms with Crippen LogP contribution in [0.25, 0.3) is 10.4 Å². The molecule has 6 nitrogen and oxygen atoms in total. The quantitative estimate of drug-likeness (QED) is 0.377. The van der Waals surface area contributed by atoms with Gasteiger partial charge in [0.25, 0.3) is 5.91 Å². The molecule has 0 aliphatic heterocycles. The van der Waals surface area contributed by atoms with Crippen LogP contribution in [0.5, 0.6) is 0 Å². The Morgan fingerprint density at radius 1 is 1.47 bits per heavy atom. The first-order chi connectivity index (χ1) is 7.92. The minimum atomic E-state index is -0.460. The molecule has 1 N–H and O–H groups in total. The van der Waals surface area contributed by atoms with E-state index in [9.17, 15) is 4.79 Å². The van der Waals surface area contributed by atoms with E-state index in [0.717, 1.165) is 0 Å². The summed E-state index contributed by atoms with van der Waals surface area (Å²) in [5.74, 6) is -0.380. The number of nitrogens with zero attached hydrogens (tertiary/aromatic N) is 3. The fourth-order valence-electron chi connectivity index (χ4n) is 1.02. The lowest BCUT2D eigenvalue weighted by Gasteiger charge is -2.18. The molecule has 0 unspecified atom stereocenters. The van der Waals surface area contributed by atoms with Gasteiger partial charge in [-0.25, -0.2) is 5.48 Å². The van der Waals surface area contributed by atoms with Crippen molar-refractivity contribution in [2.45, 2.75) is 26.4 Å². The number of azide groups is 1. The van der Waals surface area contributed by atoms with Gasteiger partial charge in [-0.1, -0.05) is 17.2 Å². The van der Waals surface area contributed by atoms with Crippen LogP contribution in [-0.2, 0) is 4.84 Å². The molecule has 6 heteroatoms. The standard InChI is InChI=1S/C11H14N4O2/c1-11(2,3)17-14-10(16)8-5-4-6-9(7-8)13-15-12/h4-7H,1-3H3,(H,14,16). The third kappa shape index (κ3) is 4.55. The van der Waals surface area contributed by atoms with Crippen LogP contribution in [0.4, 0.5) is 5.69 Å². The molecule has 0 heterocycles. The first kappa shape index (κ1) is 13.0. The van der Waals surface area contributed by atoms with Gasteiger partial charge < -0.3 is 0 Å². The van der Waals surface area contributed by atoms with Crippen LogP contribution in [0.2, 0.25) is 0 Å². The average Bonchev–Trinajstić information content (AvgIpc) is 2.26. The number of benzene rings is 1. The first-order valence-corrected chi connectivity index (χ1v) is 5.06. The van der Waals surface area contributed by atoms with E-state index in [1.807, 2.05) is 20.8 Å². The van der Waals surface area contributed by atoms with Crippen molar-refractivity contribution in [3.8, 4) is 0 Å². The Hall–Kier alpha value is -2.04. The van der Waals surface area contributed by atoms with Crippen molar-refractivity contribution in [2.75, 3.05) is 0 Å². The molecule has 90 valence electrons. The zero-order valence-corrected chi connectivity index (χ0v) is 9.97. The van der Waals surface area contributed by atoms with Crippen molar-refractivity contribution in [1.29, 1.82) is 0 Å². The molecule has 1 rings (SSSR count). The summed E-state index contributed by atoms with van der Waals surface area (Å²) >= 11 is 0. The van der Waals surface area contributed by atoms with Crippen LogP contribution >= 0.6 is 0 Å². The highest BCUT2D eigenvalue weighted by Gasteiger charge is 2.13. The lowest BCUT2D eigenvalue weighted by atomic mass is 10.2. The molecule has 0 aliphatic carbocycles. The molecule has 17 heavy (non-hydrogen) atoms. The van der Waals surface area contributed by atoms with Crippen LogP contribution < -0.4 is 5.48 Å². The van der Waals surface area contributed by atoms with E-state index in [1.165, 1.54) is 6.07 Å². The van der Waals surface area contributed by atoms with Crippen LogP contribution in [0, 0.1) is 0 Å². The molecule has 1 aromatic rings. The Morgan fingerprint density at radius 2 is 2.18 bits per heavy atom. The minimum absolute atomic E-state index is 0.374. The minimum Gasteiger partial charge on any atom is -0.268 e. The molecular formula is C11H14N4O2. The molecule has 1 aromatic carbocycles. The van der Waals surface area contributed by atoms with Gasteiger partial charge in [0.1, 0.15) is 0 Å². The zero-order valence-electron chi connectivity index (χ0n) is 9.97. The third-order valence-corrected chi connectivity index (χ3v) is 1.72. The van der Waals surface area contributed by atoms with E-state index >= 15 is 0 Å². The van der Waals surface area contributed by atoms with Gasteiger partial charge in [0.15, 0.2) is 0 Å². The van der Waals surface area contributed by atoms with Crippen LogP contribution in [0.15, 0.2) is 29.4 Å². The maximum absolute atomic E-state index is 11.7. The Kier molecular flexibility index (Phi) is 4.09. The summed E-state index contributed by atoms with van der Waals surface area (Å²) in [7, 11) is 0. The number of carbonyl (C=O) groups excluding carboxylic acids is 1. The molecule has 1 amide bonds. The molecule has 0 saturated carbocycles. The van der Waals surface area contributed by atoms with Crippen LogP contribution in [0.1, 0.15) is 31.1 Å². The van der Waals surface area contributed by atoms with Gasteiger partial charge in [-0.3, -0.25) is 9.63 Å². The van der Waals surface area contributed by atoms with E-state index in [4.69, 9.17) is 10.4 Å². The normalized spacial score (nSPS) is 10.5. The number of rotatable bonds is 3. The Bertz CT molecular complexity index is 459. The maximum Gasteiger partial charge on any atom is 0.274 e. The van der Waals surface area contributed by atoms with E-state index in [2.05, 4.69) is 15.5 Å². The lowest BCUT2D eigenvalue weighted by Crippen LogP contribution is -2.33. The maximum atomic E-state index is 11.7. The topological polar surface area (TPSA) is 87.1 Å². The third-order valence-electron chi connectivity index (χ3n) is 1.72. The zero-order chi connectivity index (χ0) is 12.9. The second-order valence-electron chi connectivity index (χ2n) is 4.39. The predicted octanol–water partition coefficient (Wildman–Crippen LogP) is 3.09. The molecule has 0 atom stereocenters. The summed E-state index contributed by atoms with van der Waals surface area (Å²) < 4.78 is 0. The Morgan fingerprint density at radius 3 is 2.76 bits per heavy atom.